The lowest BCUT2D eigenvalue weighted by Gasteiger charge is -2.23. The maximum Gasteiger partial charge on any atom is 0.286 e. The largest absolute Gasteiger partial charge is 0.363 e. The third-order valence-electron chi connectivity index (χ3n) is 4.79. The topological polar surface area (TPSA) is 101 Å². The fourth-order valence-electron chi connectivity index (χ4n) is 3.45. The smallest absolute Gasteiger partial charge is 0.286 e. The van der Waals surface area contributed by atoms with Crippen molar-refractivity contribution in [3.63, 3.8) is 0 Å². The molecular formula is C21H23N7O. The summed E-state index contributed by atoms with van der Waals surface area (Å²) < 4.78 is 1.95. The first kappa shape index (κ1) is 18.7. The van der Waals surface area contributed by atoms with Crippen LogP contribution in [0.4, 0.5) is 5.82 Å². The Kier molecular flexibility index (Phi) is 4.99. The zero-order chi connectivity index (χ0) is 20.4. The number of aryl methyl sites for hydroxylation is 2. The lowest BCUT2D eigenvalue weighted by molar-refractivity contribution is -0.112. The molecule has 0 saturated carbocycles. The van der Waals surface area contributed by atoms with Gasteiger partial charge < -0.3 is 11.1 Å². The number of hydrazone groups is 1. The Morgan fingerprint density at radius 2 is 2.00 bits per heavy atom. The van der Waals surface area contributed by atoms with Crippen molar-refractivity contribution in [3.05, 3.63) is 66.0 Å². The van der Waals surface area contributed by atoms with Crippen LogP contribution in [0.3, 0.4) is 0 Å². The molecule has 3 heterocycles. The molecule has 148 valence electrons. The Morgan fingerprint density at radius 1 is 1.21 bits per heavy atom. The molecule has 3 N–H and O–H groups in total. The first-order chi connectivity index (χ1) is 14.0. The number of nitrogens with two attached hydrogens (primary N) is 1. The van der Waals surface area contributed by atoms with Gasteiger partial charge >= 0.3 is 0 Å². The van der Waals surface area contributed by atoms with E-state index in [1.165, 1.54) is 0 Å². The number of amidine groups is 1. The lowest BCUT2D eigenvalue weighted by Crippen LogP contribution is -2.43. The monoisotopic (exact) mass is 389 g/mol. The Hall–Kier alpha value is -3.68. The molecule has 4 rings (SSSR count). The van der Waals surface area contributed by atoms with Crippen LogP contribution < -0.4 is 16.1 Å². The van der Waals surface area contributed by atoms with Crippen molar-refractivity contribution in [3.8, 4) is 11.3 Å². The summed E-state index contributed by atoms with van der Waals surface area (Å²) in [6, 6.07) is 16.0. The fraction of sp³-hybridized carbons (Fsp3) is 0.238. The highest BCUT2D eigenvalue weighted by Gasteiger charge is 2.30. The number of nitrogens with zero attached hydrogens (tertiary/aromatic N) is 5. The molecule has 8 nitrogen and oxygen atoms in total. The molecule has 0 bridgehead atoms. The normalized spacial score (nSPS) is 15.9. The minimum Gasteiger partial charge on any atom is -0.363 e. The van der Waals surface area contributed by atoms with E-state index in [0.717, 1.165) is 29.1 Å². The molecule has 0 spiro atoms. The van der Waals surface area contributed by atoms with Crippen LogP contribution in [-0.2, 0) is 17.8 Å². The average molecular weight is 389 g/mol. The molecule has 1 aliphatic rings. The molecule has 1 aliphatic heterocycles. The van der Waals surface area contributed by atoms with Gasteiger partial charge in [-0.05, 0) is 37.6 Å². The van der Waals surface area contributed by atoms with E-state index >= 15 is 0 Å². The van der Waals surface area contributed by atoms with E-state index in [1.54, 1.807) is 11.2 Å². The van der Waals surface area contributed by atoms with E-state index in [2.05, 4.69) is 27.4 Å². The molecule has 1 unspecified atom stereocenters. The van der Waals surface area contributed by atoms with Gasteiger partial charge in [-0.1, -0.05) is 30.3 Å². The van der Waals surface area contributed by atoms with Crippen LogP contribution in [0.5, 0.6) is 0 Å². The van der Waals surface area contributed by atoms with Crippen LogP contribution in [0.15, 0.2) is 59.8 Å². The average Bonchev–Trinajstić information content (AvgIpc) is 3.32. The number of rotatable bonds is 6. The van der Waals surface area contributed by atoms with Crippen molar-refractivity contribution in [2.24, 2.45) is 10.8 Å². The number of benzene rings is 1. The van der Waals surface area contributed by atoms with Gasteiger partial charge in [-0.3, -0.25) is 9.48 Å². The highest BCUT2D eigenvalue weighted by molar-refractivity contribution is 6.38. The molecule has 2 aromatic heterocycles. The third-order valence-corrected chi connectivity index (χ3v) is 4.79. The lowest BCUT2D eigenvalue weighted by atomic mass is 10.1. The number of primary amides is 1. The fourth-order valence-corrected chi connectivity index (χ4v) is 3.45. The third kappa shape index (κ3) is 3.82. The van der Waals surface area contributed by atoms with Gasteiger partial charge in [0.15, 0.2) is 5.82 Å². The summed E-state index contributed by atoms with van der Waals surface area (Å²) >= 11 is 0. The summed E-state index contributed by atoms with van der Waals surface area (Å²) in [5, 5.41) is 13.8. The van der Waals surface area contributed by atoms with Crippen molar-refractivity contribution in [1.82, 2.24) is 20.1 Å². The van der Waals surface area contributed by atoms with Crippen LogP contribution in [0.2, 0.25) is 0 Å². The Balaban J connectivity index is 1.69. The van der Waals surface area contributed by atoms with E-state index < -0.39 is 5.91 Å². The summed E-state index contributed by atoms with van der Waals surface area (Å²) in [5.74, 6) is 0.169. The van der Waals surface area contributed by atoms with Crippen LogP contribution in [-0.4, -0.2) is 32.7 Å². The quantitative estimate of drug-likeness (QED) is 0.672. The number of carbonyl (C=O) groups is 1. The van der Waals surface area contributed by atoms with Gasteiger partial charge in [0.25, 0.3) is 5.91 Å². The molecule has 1 atom stereocenters. The number of anilines is 1. The zero-order valence-corrected chi connectivity index (χ0v) is 16.4. The molecule has 3 aromatic rings. The number of amides is 1. The van der Waals surface area contributed by atoms with E-state index in [0.29, 0.717) is 12.2 Å². The highest BCUT2D eigenvalue weighted by Crippen LogP contribution is 2.26. The molecule has 0 saturated heterocycles. The Morgan fingerprint density at radius 3 is 2.72 bits per heavy atom. The summed E-state index contributed by atoms with van der Waals surface area (Å²) in [6.07, 6.45) is 2.11. The van der Waals surface area contributed by atoms with E-state index in [9.17, 15) is 4.79 Å². The van der Waals surface area contributed by atoms with Gasteiger partial charge in [-0.15, -0.1) is 5.10 Å². The van der Waals surface area contributed by atoms with E-state index in [-0.39, 0.29) is 12.0 Å². The molecule has 0 fully saturated rings. The minimum absolute atomic E-state index is 0.132. The summed E-state index contributed by atoms with van der Waals surface area (Å²) in [4.78, 5) is 16.2. The molecule has 0 aliphatic carbocycles. The Labute approximate surface area is 169 Å². The summed E-state index contributed by atoms with van der Waals surface area (Å²) in [6.45, 7) is 4.80. The number of carbonyl (C=O) groups excluding carboxylic acids is 1. The molecule has 1 aromatic carbocycles. The zero-order valence-electron chi connectivity index (χ0n) is 16.4. The van der Waals surface area contributed by atoms with E-state index in [1.807, 2.05) is 60.1 Å². The van der Waals surface area contributed by atoms with Gasteiger partial charge in [-0.25, -0.2) is 9.99 Å². The van der Waals surface area contributed by atoms with Crippen molar-refractivity contribution in [2.45, 2.75) is 33.0 Å². The number of pyridine rings is 1. The second kappa shape index (κ2) is 7.75. The first-order valence-electron chi connectivity index (χ1n) is 9.54. The summed E-state index contributed by atoms with van der Waals surface area (Å²) in [7, 11) is 0. The van der Waals surface area contributed by atoms with Gasteiger partial charge in [0.1, 0.15) is 6.17 Å². The molecular weight excluding hydrogens is 366 g/mol. The van der Waals surface area contributed by atoms with Crippen LogP contribution in [0.25, 0.3) is 11.3 Å². The standard InChI is InChI=1S/C21H23N7O/c1-3-27-17(11-14(2)25-27)16-9-10-23-18(13-16)28-19(24-21(26-28)20(22)29)12-15-7-5-4-6-8-15/h4-11,13,19H,3,12H2,1-2H3,(H2,22,29)(H,24,26). The number of hydrogen-bond acceptors (Lipinski definition) is 6. The molecule has 29 heavy (non-hydrogen) atoms. The van der Waals surface area contributed by atoms with Crippen molar-refractivity contribution < 1.29 is 4.79 Å². The SMILES string of the molecule is CCn1nc(C)cc1-c1ccnc(N2N=C(C(N)=O)NC2Cc2ccccc2)c1. The second-order valence-corrected chi connectivity index (χ2v) is 6.90. The maximum atomic E-state index is 11.7. The van der Waals surface area contributed by atoms with Crippen molar-refractivity contribution in [2.75, 3.05) is 5.01 Å². The van der Waals surface area contributed by atoms with Crippen molar-refractivity contribution in [1.29, 1.82) is 0 Å². The van der Waals surface area contributed by atoms with Crippen molar-refractivity contribution >= 4 is 17.6 Å². The second-order valence-electron chi connectivity index (χ2n) is 6.90. The number of nitrogens with one attached hydrogen (secondary N) is 1. The Bertz CT molecular complexity index is 1060. The summed E-state index contributed by atoms with van der Waals surface area (Å²) in [5.41, 5.74) is 9.54. The van der Waals surface area contributed by atoms with Crippen LogP contribution >= 0.6 is 0 Å². The first-order valence-corrected chi connectivity index (χ1v) is 9.54. The van der Waals surface area contributed by atoms with Gasteiger partial charge in [0, 0.05) is 24.7 Å². The predicted molar refractivity (Wildman–Crippen MR) is 112 cm³/mol. The number of aromatic nitrogens is 3. The van der Waals surface area contributed by atoms with Gasteiger partial charge in [-0.2, -0.15) is 5.10 Å². The predicted octanol–water partition coefficient (Wildman–Crippen LogP) is 2.05. The van der Waals surface area contributed by atoms with E-state index in [4.69, 9.17) is 5.73 Å². The molecule has 8 heteroatoms. The van der Waals surface area contributed by atoms with Crippen LogP contribution in [0, 0.1) is 6.92 Å². The maximum absolute atomic E-state index is 11.7. The van der Waals surface area contributed by atoms with Crippen LogP contribution in [0.1, 0.15) is 18.2 Å². The number of hydrogen-bond donors (Lipinski definition) is 2. The molecule has 0 radical (unpaired) electrons. The van der Waals surface area contributed by atoms with Gasteiger partial charge in [0.2, 0.25) is 5.84 Å². The molecule has 1 amide bonds. The van der Waals surface area contributed by atoms with Gasteiger partial charge in [0.05, 0.1) is 11.4 Å². The minimum atomic E-state index is -0.596. The highest BCUT2D eigenvalue weighted by atomic mass is 16.1.